The van der Waals surface area contributed by atoms with Gasteiger partial charge in [0.15, 0.2) is 0 Å². The van der Waals surface area contributed by atoms with Gasteiger partial charge in [0.1, 0.15) is 5.76 Å². The molecule has 110 valence electrons. The largest absolute Gasteiger partial charge is 0.497 e. The molecule has 0 saturated carbocycles. The molecule has 0 saturated heterocycles. The minimum Gasteiger partial charge on any atom is -0.497 e. The van der Waals surface area contributed by atoms with E-state index in [1.807, 2.05) is 13.0 Å². The second kappa shape index (κ2) is 7.70. The fourth-order valence-corrected chi connectivity index (χ4v) is 2.48. The van der Waals surface area contributed by atoms with Crippen LogP contribution in [-0.2, 0) is 19.1 Å². The maximum atomic E-state index is 11.6. The van der Waals surface area contributed by atoms with Gasteiger partial charge in [0.25, 0.3) is 0 Å². The van der Waals surface area contributed by atoms with E-state index in [2.05, 4.69) is 9.44 Å². The normalized spacial score (nSPS) is 20.4. The Labute approximate surface area is 119 Å². The molecule has 0 fully saturated rings. The lowest BCUT2D eigenvalue weighted by Crippen LogP contribution is -2.16. The Hall–Kier alpha value is -1.81. The average molecular weight is 298 g/mol. The molecule has 0 bridgehead atoms. The molecule has 0 aromatic carbocycles. The second-order valence-electron chi connectivity index (χ2n) is 4.28. The van der Waals surface area contributed by atoms with Crippen molar-refractivity contribution in [3.8, 4) is 6.07 Å². The van der Waals surface area contributed by atoms with Gasteiger partial charge in [-0.15, -0.1) is 0 Å². The standard InChI is InChI=1S/C13H18N2O4S/c1-3-4-9-20(16,17)19-15-13-10-12(18-2)6-5-11(13)7-8-14/h5-6,10-11H,3-4,7,9H2,1-2H3. The minimum atomic E-state index is -3.67. The highest BCUT2D eigenvalue weighted by atomic mass is 32.2. The molecule has 0 aromatic heterocycles. The van der Waals surface area contributed by atoms with Crippen molar-refractivity contribution < 1.29 is 17.4 Å². The molecule has 0 amide bonds. The fraction of sp³-hybridized carbons (Fsp3) is 0.538. The van der Waals surface area contributed by atoms with Crippen molar-refractivity contribution in [2.75, 3.05) is 12.9 Å². The number of rotatable bonds is 7. The van der Waals surface area contributed by atoms with Crippen LogP contribution in [0.5, 0.6) is 0 Å². The van der Waals surface area contributed by atoms with Crippen LogP contribution in [0.3, 0.4) is 0 Å². The first kappa shape index (κ1) is 16.2. The zero-order valence-corrected chi connectivity index (χ0v) is 12.4. The van der Waals surface area contributed by atoms with E-state index in [4.69, 9.17) is 10.00 Å². The average Bonchev–Trinajstić information content (AvgIpc) is 2.44. The molecule has 0 spiro atoms. The zero-order chi connectivity index (χ0) is 15.0. The molecule has 0 heterocycles. The number of allylic oxidation sites excluding steroid dienone is 3. The molecule has 1 atom stereocenters. The Bertz CT molecular complexity index is 555. The molecule has 1 aliphatic rings. The Morgan fingerprint density at radius 3 is 2.85 bits per heavy atom. The van der Waals surface area contributed by atoms with E-state index in [0.717, 1.165) is 6.42 Å². The highest BCUT2D eigenvalue weighted by molar-refractivity contribution is 7.86. The van der Waals surface area contributed by atoms with Gasteiger partial charge in [-0.05, 0) is 12.5 Å². The van der Waals surface area contributed by atoms with E-state index >= 15 is 0 Å². The van der Waals surface area contributed by atoms with Crippen molar-refractivity contribution in [3.05, 3.63) is 24.0 Å². The summed E-state index contributed by atoms with van der Waals surface area (Å²) in [7, 11) is -2.17. The number of nitrogens with zero attached hydrogens (tertiary/aromatic N) is 2. The maximum Gasteiger partial charge on any atom is 0.328 e. The molecular weight excluding hydrogens is 280 g/mol. The van der Waals surface area contributed by atoms with Crippen LogP contribution in [0, 0.1) is 17.2 Å². The first-order chi connectivity index (χ1) is 9.52. The number of unbranched alkanes of at least 4 members (excludes halogenated alkanes) is 1. The van der Waals surface area contributed by atoms with E-state index in [-0.39, 0.29) is 18.1 Å². The summed E-state index contributed by atoms with van der Waals surface area (Å²) in [5, 5.41) is 12.4. The van der Waals surface area contributed by atoms with Gasteiger partial charge in [-0.3, -0.25) is 4.28 Å². The van der Waals surface area contributed by atoms with Gasteiger partial charge < -0.3 is 4.74 Å². The van der Waals surface area contributed by atoms with E-state index < -0.39 is 10.1 Å². The van der Waals surface area contributed by atoms with Crippen LogP contribution in [0.2, 0.25) is 0 Å². The number of hydrogen-bond acceptors (Lipinski definition) is 6. The number of ether oxygens (including phenoxy) is 1. The minimum absolute atomic E-state index is 0.0696. The third kappa shape index (κ3) is 5.05. The van der Waals surface area contributed by atoms with Gasteiger partial charge in [-0.25, -0.2) is 0 Å². The molecule has 7 heteroatoms. The van der Waals surface area contributed by atoms with Crippen LogP contribution in [0.1, 0.15) is 26.2 Å². The van der Waals surface area contributed by atoms with Gasteiger partial charge >= 0.3 is 10.1 Å². The number of oxime groups is 1. The van der Waals surface area contributed by atoms with Crippen LogP contribution in [0.4, 0.5) is 0 Å². The summed E-state index contributed by atoms with van der Waals surface area (Å²) in [6.07, 6.45) is 6.49. The first-order valence-corrected chi connectivity index (χ1v) is 7.90. The molecule has 1 unspecified atom stereocenters. The molecule has 1 rings (SSSR count). The summed E-state index contributed by atoms with van der Waals surface area (Å²) in [6.45, 7) is 1.89. The summed E-state index contributed by atoms with van der Waals surface area (Å²) in [4.78, 5) is 0. The van der Waals surface area contributed by atoms with Gasteiger partial charge in [-0.1, -0.05) is 24.6 Å². The first-order valence-electron chi connectivity index (χ1n) is 6.32. The second-order valence-corrected chi connectivity index (χ2v) is 5.96. The van der Waals surface area contributed by atoms with Gasteiger partial charge in [0.2, 0.25) is 0 Å². The Morgan fingerprint density at radius 2 is 2.25 bits per heavy atom. The Balaban J connectivity index is 2.84. The van der Waals surface area contributed by atoms with E-state index in [1.165, 1.54) is 7.11 Å². The third-order valence-electron chi connectivity index (χ3n) is 2.71. The van der Waals surface area contributed by atoms with Crippen molar-refractivity contribution in [3.63, 3.8) is 0 Å². The lowest BCUT2D eigenvalue weighted by Gasteiger charge is -2.14. The summed E-state index contributed by atoms with van der Waals surface area (Å²) in [6, 6.07) is 2.02. The van der Waals surface area contributed by atoms with Crippen LogP contribution < -0.4 is 0 Å². The highest BCUT2D eigenvalue weighted by Gasteiger charge is 2.19. The molecule has 6 nitrogen and oxygen atoms in total. The van der Waals surface area contributed by atoms with Gasteiger partial charge in [-0.2, -0.15) is 13.7 Å². The number of methoxy groups -OCH3 is 1. The van der Waals surface area contributed by atoms with Gasteiger partial charge in [0, 0.05) is 18.4 Å². The summed E-state index contributed by atoms with van der Waals surface area (Å²) >= 11 is 0. The lowest BCUT2D eigenvalue weighted by atomic mass is 9.95. The topological polar surface area (TPSA) is 88.8 Å². The quantitative estimate of drug-likeness (QED) is 0.672. The van der Waals surface area contributed by atoms with Crippen molar-refractivity contribution in [1.82, 2.24) is 0 Å². The monoisotopic (exact) mass is 298 g/mol. The molecular formula is C13H18N2O4S. The van der Waals surface area contributed by atoms with Crippen molar-refractivity contribution in [2.45, 2.75) is 26.2 Å². The van der Waals surface area contributed by atoms with Gasteiger partial charge in [0.05, 0.1) is 24.6 Å². The summed E-state index contributed by atoms with van der Waals surface area (Å²) < 4.78 is 32.9. The van der Waals surface area contributed by atoms with Crippen LogP contribution >= 0.6 is 0 Å². The number of hydrogen-bond donors (Lipinski definition) is 0. The molecule has 0 radical (unpaired) electrons. The summed E-state index contributed by atoms with van der Waals surface area (Å²) in [5.41, 5.74) is 0.367. The van der Waals surface area contributed by atoms with Crippen LogP contribution in [0.25, 0.3) is 0 Å². The molecule has 0 N–H and O–H groups in total. The zero-order valence-electron chi connectivity index (χ0n) is 11.6. The number of nitriles is 1. The maximum absolute atomic E-state index is 11.6. The fourth-order valence-electron chi connectivity index (χ4n) is 1.56. The smallest absolute Gasteiger partial charge is 0.328 e. The Kier molecular flexibility index (Phi) is 6.25. The van der Waals surface area contributed by atoms with Crippen molar-refractivity contribution in [2.24, 2.45) is 11.1 Å². The van der Waals surface area contributed by atoms with Crippen LogP contribution in [-0.4, -0.2) is 27.0 Å². The van der Waals surface area contributed by atoms with Crippen molar-refractivity contribution >= 4 is 15.8 Å². The summed E-state index contributed by atoms with van der Waals surface area (Å²) in [5.74, 6) is 0.174. The SMILES string of the molecule is CCCCS(=O)(=O)ON=C1C=C(OC)C=CC1CC#N. The molecule has 0 aromatic rings. The van der Waals surface area contributed by atoms with E-state index in [0.29, 0.717) is 17.9 Å². The molecule has 1 aliphatic carbocycles. The predicted molar refractivity (Wildman–Crippen MR) is 75.2 cm³/mol. The third-order valence-corrected chi connectivity index (χ3v) is 3.80. The van der Waals surface area contributed by atoms with Crippen molar-refractivity contribution in [1.29, 1.82) is 5.26 Å². The highest BCUT2D eigenvalue weighted by Crippen LogP contribution is 2.18. The predicted octanol–water partition coefficient (Wildman–Crippen LogP) is 2.12. The van der Waals surface area contributed by atoms with E-state index in [9.17, 15) is 8.42 Å². The Morgan fingerprint density at radius 1 is 1.50 bits per heavy atom. The molecule has 20 heavy (non-hydrogen) atoms. The molecule has 0 aliphatic heterocycles. The van der Waals surface area contributed by atoms with E-state index in [1.54, 1.807) is 18.2 Å². The van der Waals surface area contributed by atoms with Crippen LogP contribution in [0.15, 0.2) is 29.1 Å². The lowest BCUT2D eigenvalue weighted by molar-refractivity contribution is 0.304.